The van der Waals surface area contributed by atoms with Gasteiger partial charge in [0.1, 0.15) is 0 Å². The van der Waals surface area contributed by atoms with E-state index in [9.17, 15) is 25.6 Å². The van der Waals surface area contributed by atoms with Gasteiger partial charge >= 0.3 is 6.29 Å². The van der Waals surface area contributed by atoms with Crippen LogP contribution in [0.25, 0.3) is 11.4 Å². The van der Waals surface area contributed by atoms with Crippen LogP contribution in [0.5, 0.6) is 11.5 Å². The molecule has 4 aromatic rings. The van der Waals surface area contributed by atoms with E-state index in [0.29, 0.717) is 28.1 Å². The molecule has 0 atom stereocenters. The number of anilines is 2. The molecule has 0 unspecified atom stereocenters. The molecule has 0 radical (unpaired) electrons. The van der Waals surface area contributed by atoms with Crippen LogP contribution in [-0.2, 0) is 19.7 Å². The van der Waals surface area contributed by atoms with Crippen molar-refractivity contribution in [2.75, 3.05) is 23.4 Å². The molecule has 1 aliphatic heterocycles. The SMILES string of the molecule is CC(=NNc1cc(NN=C(C)c2ccc(S(C)(=O)=O)cc2)nc(-c2ccc3c(c2)OC(F)(F)O3)n1)c1ccc(S(C)(=O)=O)cc1. The van der Waals surface area contributed by atoms with Crippen LogP contribution in [-0.4, -0.2) is 57.0 Å². The summed E-state index contributed by atoms with van der Waals surface area (Å²) in [6.07, 6.45) is -1.56. The minimum Gasteiger partial charge on any atom is -0.395 e. The van der Waals surface area contributed by atoms with Gasteiger partial charge in [-0.05, 0) is 67.4 Å². The standard InChI is InChI=1S/C29H26F2N6O6S2/c1-17(19-5-10-22(11-6-19)44(3,38)39)34-36-26-16-27(37-35-18(2)20-7-12-23(13-8-20)45(4,40)41)33-28(32-26)21-9-14-24-25(15-21)43-29(30,31)42-24/h5-16H,1-4H3,(H2,32,33,36,37). The number of hydrogen-bond acceptors (Lipinski definition) is 12. The van der Waals surface area contributed by atoms with E-state index in [2.05, 4.69) is 40.5 Å². The van der Waals surface area contributed by atoms with Crippen LogP contribution < -0.4 is 20.3 Å². The van der Waals surface area contributed by atoms with Crippen LogP contribution in [0.1, 0.15) is 25.0 Å². The van der Waals surface area contributed by atoms with Crippen molar-refractivity contribution in [3.8, 4) is 22.9 Å². The first kappa shape index (κ1) is 31.5. The Balaban J connectivity index is 1.45. The first-order valence-electron chi connectivity index (χ1n) is 13.1. The summed E-state index contributed by atoms with van der Waals surface area (Å²) in [7, 11) is -6.71. The van der Waals surface area contributed by atoms with Crippen molar-refractivity contribution in [3.05, 3.63) is 83.9 Å². The Morgan fingerprint density at radius 1 is 0.689 bits per heavy atom. The second kappa shape index (κ2) is 11.9. The normalized spacial score (nSPS) is 14.7. The molecule has 1 aromatic heterocycles. The third-order valence-corrected chi connectivity index (χ3v) is 8.72. The van der Waals surface area contributed by atoms with Crippen LogP contribution in [0.4, 0.5) is 20.4 Å². The van der Waals surface area contributed by atoms with Gasteiger partial charge in [0, 0.05) is 24.1 Å². The molecule has 0 spiro atoms. The van der Waals surface area contributed by atoms with Gasteiger partial charge in [-0.2, -0.15) is 10.2 Å². The summed E-state index contributed by atoms with van der Waals surface area (Å²) in [4.78, 5) is 9.26. The second-order valence-electron chi connectivity index (χ2n) is 10.0. The summed E-state index contributed by atoms with van der Waals surface area (Å²) in [6, 6.07) is 18.0. The Morgan fingerprint density at radius 3 is 1.58 bits per heavy atom. The molecule has 12 nitrogen and oxygen atoms in total. The van der Waals surface area contributed by atoms with Gasteiger partial charge in [-0.1, -0.05) is 24.3 Å². The van der Waals surface area contributed by atoms with Crippen molar-refractivity contribution < 1.29 is 35.1 Å². The lowest BCUT2D eigenvalue weighted by atomic mass is 10.1. The molecule has 16 heteroatoms. The van der Waals surface area contributed by atoms with Gasteiger partial charge in [0.2, 0.25) is 0 Å². The number of sulfone groups is 2. The molecule has 0 aliphatic carbocycles. The third kappa shape index (κ3) is 7.58. The van der Waals surface area contributed by atoms with Gasteiger partial charge in [0.15, 0.2) is 48.6 Å². The Morgan fingerprint density at radius 2 is 1.13 bits per heavy atom. The lowest BCUT2D eigenvalue weighted by Crippen LogP contribution is -2.25. The first-order valence-corrected chi connectivity index (χ1v) is 16.9. The van der Waals surface area contributed by atoms with Crippen LogP contribution >= 0.6 is 0 Å². The van der Waals surface area contributed by atoms with Crippen LogP contribution in [0, 0.1) is 0 Å². The molecule has 0 fully saturated rings. The van der Waals surface area contributed by atoms with Crippen LogP contribution in [0.2, 0.25) is 0 Å². The summed E-state index contributed by atoms with van der Waals surface area (Å²) in [5.74, 6) is 0.207. The fourth-order valence-corrected chi connectivity index (χ4v) is 5.34. The molecule has 3 aromatic carbocycles. The fourth-order valence-electron chi connectivity index (χ4n) is 4.08. The van der Waals surface area contributed by atoms with Crippen molar-refractivity contribution in [2.45, 2.75) is 29.9 Å². The molecule has 0 saturated heterocycles. The largest absolute Gasteiger partial charge is 0.586 e. The maximum Gasteiger partial charge on any atom is 0.586 e. The minimum absolute atomic E-state index is 0.111. The number of nitrogens with zero attached hydrogens (tertiary/aromatic N) is 4. The zero-order valence-corrected chi connectivity index (χ0v) is 25.9. The molecule has 5 rings (SSSR count). The van der Waals surface area contributed by atoms with E-state index in [1.807, 2.05) is 0 Å². The highest BCUT2D eigenvalue weighted by Crippen LogP contribution is 2.42. The second-order valence-corrected chi connectivity index (χ2v) is 14.0. The minimum atomic E-state index is -3.80. The van der Waals surface area contributed by atoms with Gasteiger partial charge in [0.25, 0.3) is 0 Å². The Hall–Kier alpha value is -4.96. The molecular weight excluding hydrogens is 630 g/mol. The summed E-state index contributed by atoms with van der Waals surface area (Å²) in [5.41, 5.74) is 8.35. The van der Waals surface area contributed by atoms with Crippen molar-refractivity contribution in [3.63, 3.8) is 0 Å². The van der Waals surface area contributed by atoms with Gasteiger partial charge in [-0.15, -0.1) is 8.78 Å². The number of aromatic nitrogens is 2. The molecule has 2 heterocycles. The fraction of sp³-hybridized carbons (Fsp3) is 0.172. The van der Waals surface area contributed by atoms with Crippen molar-refractivity contribution in [1.82, 2.24) is 9.97 Å². The van der Waals surface area contributed by atoms with E-state index in [4.69, 9.17) is 0 Å². The van der Waals surface area contributed by atoms with E-state index >= 15 is 0 Å². The monoisotopic (exact) mass is 656 g/mol. The van der Waals surface area contributed by atoms with Gasteiger partial charge in [0.05, 0.1) is 21.2 Å². The van der Waals surface area contributed by atoms with Crippen LogP contribution in [0.3, 0.4) is 0 Å². The highest BCUT2D eigenvalue weighted by Gasteiger charge is 2.43. The molecule has 2 N–H and O–H groups in total. The van der Waals surface area contributed by atoms with E-state index < -0.39 is 26.0 Å². The lowest BCUT2D eigenvalue weighted by molar-refractivity contribution is -0.286. The lowest BCUT2D eigenvalue weighted by Gasteiger charge is -2.10. The molecule has 0 bridgehead atoms. The summed E-state index contributed by atoms with van der Waals surface area (Å²) >= 11 is 0. The summed E-state index contributed by atoms with van der Waals surface area (Å²) in [5, 5.41) is 8.70. The number of benzene rings is 3. The predicted molar refractivity (Wildman–Crippen MR) is 164 cm³/mol. The molecule has 0 saturated carbocycles. The summed E-state index contributed by atoms with van der Waals surface area (Å²) < 4.78 is 83.4. The number of alkyl halides is 2. The number of halogens is 2. The number of hydrogen-bond donors (Lipinski definition) is 2. The van der Waals surface area contributed by atoms with E-state index in [-0.39, 0.29) is 38.8 Å². The maximum atomic E-state index is 13.6. The van der Waals surface area contributed by atoms with E-state index in [1.165, 1.54) is 48.5 Å². The molecule has 1 aliphatic rings. The Labute approximate surface area is 257 Å². The smallest absolute Gasteiger partial charge is 0.395 e. The predicted octanol–water partition coefficient (Wildman–Crippen LogP) is 4.94. The highest BCUT2D eigenvalue weighted by molar-refractivity contribution is 7.91. The van der Waals surface area contributed by atoms with E-state index in [1.54, 1.807) is 38.1 Å². The zero-order valence-electron chi connectivity index (χ0n) is 24.2. The van der Waals surface area contributed by atoms with Crippen LogP contribution in [0.15, 0.2) is 92.8 Å². The molecule has 45 heavy (non-hydrogen) atoms. The number of rotatable bonds is 9. The van der Waals surface area contributed by atoms with Crippen molar-refractivity contribution in [2.24, 2.45) is 10.2 Å². The maximum absolute atomic E-state index is 13.6. The molecule has 0 amide bonds. The molecular formula is C29H26F2N6O6S2. The Bertz CT molecular complexity index is 1940. The number of nitrogens with one attached hydrogen (secondary N) is 2. The van der Waals surface area contributed by atoms with E-state index in [0.717, 1.165) is 12.5 Å². The zero-order chi connectivity index (χ0) is 32.6. The number of hydrazone groups is 2. The summed E-state index contributed by atoms with van der Waals surface area (Å²) in [6.45, 7) is 3.43. The topological polar surface area (TPSA) is 161 Å². The first-order chi connectivity index (χ1) is 21.1. The average molecular weight is 657 g/mol. The highest BCUT2D eigenvalue weighted by atomic mass is 32.2. The number of fused-ring (bicyclic) bond motifs is 1. The van der Waals surface area contributed by atoms with Gasteiger partial charge in [-0.3, -0.25) is 10.9 Å². The van der Waals surface area contributed by atoms with Gasteiger partial charge in [-0.25, -0.2) is 26.8 Å². The quantitative estimate of drug-likeness (QED) is 0.186. The Kier molecular flexibility index (Phi) is 8.29. The van der Waals surface area contributed by atoms with Crippen molar-refractivity contribution in [1.29, 1.82) is 0 Å². The van der Waals surface area contributed by atoms with Crippen molar-refractivity contribution >= 4 is 42.7 Å². The number of ether oxygens (including phenoxy) is 2. The van der Waals surface area contributed by atoms with Gasteiger partial charge < -0.3 is 9.47 Å². The molecule has 234 valence electrons. The third-order valence-electron chi connectivity index (χ3n) is 6.46. The average Bonchev–Trinajstić information content (AvgIpc) is 3.30.